The molecule has 2 heterocycles. The van der Waals surface area contributed by atoms with Crippen LogP contribution in [0.25, 0.3) is 0 Å². The van der Waals surface area contributed by atoms with E-state index in [0.29, 0.717) is 18.9 Å². The van der Waals surface area contributed by atoms with Crippen LogP contribution in [0, 0.1) is 0 Å². The van der Waals surface area contributed by atoms with E-state index in [4.69, 9.17) is 4.74 Å². The summed E-state index contributed by atoms with van der Waals surface area (Å²) in [5.41, 5.74) is 0.335. The lowest BCUT2D eigenvalue weighted by atomic mass is 9.98. The molecule has 0 bridgehead atoms. The quantitative estimate of drug-likeness (QED) is 0.785. The van der Waals surface area contributed by atoms with Gasteiger partial charge >= 0.3 is 6.09 Å². The number of carbonyl (C=O) groups is 1. The van der Waals surface area contributed by atoms with Crippen LogP contribution in [0.1, 0.15) is 34.6 Å². The van der Waals surface area contributed by atoms with E-state index in [-0.39, 0.29) is 11.6 Å². The molecule has 1 fully saturated rings. The Kier molecular flexibility index (Phi) is 4.63. The normalized spacial score (nSPS) is 17.8. The Morgan fingerprint density at radius 3 is 2.52 bits per heavy atom. The van der Waals surface area contributed by atoms with Gasteiger partial charge in [-0.2, -0.15) is 0 Å². The first-order chi connectivity index (χ1) is 10.6. The second-order valence-corrected chi connectivity index (χ2v) is 7.40. The van der Waals surface area contributed by atoms with Gasteiger partial charge in [-0.1, -0.05) is 0 Å². The van der Waals surface area contributed by atoms with Crippen LogP contribution < -0.4 is 4.90 Å². The Bertz CT molecular complexity index is 575. The number of pyridine rings is 1. The summed E-state index contributed by atoms with van der Waals surface area (Å²) < 4.78 is 5.48. The van der Waals surface area contributed by atoms with Crippen molar-refractivity contribution in [3.8, 4) is 0 Å². The molecule has 6 heteroatoms. The number of rotatable bonds is 2. The number of aliphatic imine (C=N–C) groups is 1. The Morgan fingerprint density at radius 2 is 2.04 bits per heavy atom. The molecule has 0 spiro atoms. The van der Waals surface area contributed by atoms with Crippen molar-refractivity contribution < 1.29 is 9.53 Å². The van der Waals surface area contributed by atoms with E-state index in [1.807, 2.05) is 32.9 Å². The fraction of sp³-hybridized carbons (Fsp3) is 0.588. The van der Waals surface area contributed by atoms with Crippen LogP contribution >= 0.6 is 0 Å². The monoisotopic (exact) mass is 318 g/mol. The standard InChI is InChI=1S/C17H26N4O2/c1-16(2,3)23-15(22)20-9-10-21(17(4,5)12-20)13-7-8-14(18-6)19-11-13/h7-8,11H,6,9-10,12H2,1-5H3. The van der Waals surface area contributed by atoms with Gasteiger partial charge < -0.3 is 14.5 Å². The van der Waals surface area contributed by atoms with Crippen LogP contribution in [0.2, 0.25) is 0 Å². The van der Waals surface area contributed by atoms with E-state index in [0.717, 1.165) is 12.2 Å². The Labute approximate surface area is 138 Å². The predicted molar refractivity (Wildman–Crippen MR) is 92.7 cm³/mol. The molecular formula is C17H26N4O2. The molecule has 23 heavy (non-hydrogen) atoms. The molecule has 1 aliphatic heterocycles. The zero-order valence-corrected chi connectivity index (χ0v) is 14.7. The number of nitrogens with zero attached hydrogens (tertiary/aromatic N) is 4. The number of hydrogen-bond donors (Lipinski definition) is 0. The minimum Gasteiger partial charge on any atom is -0.444 e. The van der Waals surface area contributed by atoms with E-state index in [9.17, 15) is 4.79 Å². The molecule has 1 aromatic heterocycles. The van der Waals surface area contributed by atoms with Gasteiger partial charge in [0.1, 0.15) is 5.60 Å². The maximum atomic E-state index is 12.3. The molecule has 0 atom stereocenters. The van der Waals surface area contributed by atoms with Gasteiger partial charge in [-0.25, -0.2) is 14.8 Å². The minimum absolute atomic E-state index is 0.208. The summed E-state index contributed by atoms with van der Waals surface area (Å²) in [4.78, 5) is 24.4. The molecular weight excluding hydrogens is 292 g/mol. The van der Waals surface area contributed by atoms with Gasteiger partial charge in [-0.3, -0.25) is 0 Å². The van der Waals surface area contributed by atoms with E-state index in [2.05, 4.69) is 35.4 Å². The third kappa shape index (κ3) is 4.21. The van der Waals surface area contributed by atoms with Crippen molar-refractivity contribution in [1.29, 1.82) is 0 Å². The van der Waals surface area contributed by atoms with E-state index < -0.39 is 5.60 Å². The summed E-state index contributed by atoms with van der Waals surface area (Å²) in [5.74, 6) is 0.610. The lowest BCUT2D eigenvalue weighted by Crippen LogP contribution is -2.61. The molecule has 0 N–H and O–H groups in total. The van der Waals surface area contributed by atoms with E-state index in [1.165, 1.54) is 0 Å². The Hall–Kier alpha value is -2.11. The Balaban J connectivity index is 2.10. The number of ether oxygens (including phenoxy) is 1. The minimum atomic E-state index is -0.476. The summed E-state index contributed by atoms with van der Waals surface area (Å²) >= 11 is 0. The van der Waals surface area contributed by atoms with Gasteiger partial charge in [0.2, 0.25) is 0 Å². The fourth-order valence-corrected chi connectivity index (χ4v) is 2.75. The number of carbonyl (C=O) groups excluding carboxylic acids is 1. The first-order valence-electron chi connectivity index (χ1n) is 7.81. The highest BCUT2D eigenvalue weighted by atomic mass is 16.6. The van der Waals surface area contributed by atoms with Crippen molar-refractivity contribution in [3.05, 3.63) is 18.3 Å². The smallest absolute Gasteiger partial charge is 0.410 e. The van der Waals surface area contributed by atoms with Gasteiger partial charge in [0.25, 0.3) is 0 Å². The molecule has 2 rings (SSSR count). The van der Waals surface area contributed by atoms with Crippen molar-refractivity contribution in [2.45, 2.75) is 45.8 Å². The summed E-state index contributed by atoms with van der Waals surface area (Å²) in [6.07, 6.45) is 1.55. The lowest BCUT2D eigenvalue weighted by molar-refractivity contribution is 0.0179. The molecule has 1 amide bonds. The fourth-order valence-electron chi connectivity index (χ4n) is 2.75. The molecule has 0 aliphatic carbocycles. The lowest BCUT2D eigenvalue weighted by Gasteiger charge is -2.48. The molecule has 0 radical (unpaired) electrons. The van der Waals surface area contributed by atoms with Crippen LogP contribution in [0.3, 0.4) is 0 Å². The third-order valence-electron chi connectivity index (χ3n) is 3.76. The summed E-state index contributed by atoms with van der Waals surface area (Å²) in [6.45, 7) is 15.3. The summed E-state index contributed by atoms with van der Waals surface area (Å²) in [6, 6.07) is 3.83. The van der Waals surface area contributed by atoms with Crippen molar-refractivity contribution >= 4 is 24.3 Å². The number of hydrogen-bond acceptors (Lipinski definition) is 5. The van der Waals surface area contributed by atoms with Crippen molar-refractivity contribution in [2.24, 2.45) is 4.99 Å². The highest BCUT2D eigenvalue weighted by Crippen LogP contribution is 2.29. The number of amides is 1. The zero-order valence-electron chi connectivity index (χ0n) is 14.7. The topological polar surface area (TPSA) is 58.0 Å². The van der Waals surface area contributed by atoms with Gasteiger partial charge in [0, 0.05) is 19.6 Å². The molecule has 6 nitrogen and oxygen atoms in total. The van der Waals surface area contributed by atoms with Crippen molar-refractivity contribution in [2.75, 3.05) is 24.5 Å². The molecule has 0 unspecified atom stereocenters. The maximum absolute atomic E-state index is 12.3. The van der Waals surface area contributed by atoms with E-state index >= 15 is 0 Å². The number of anilines is 1. The highest BCUT2D eigenvalue weighted by Gasteiger charge is 2.37. The van der Waals surface area contributed by atoms with Crippen LogP contribution in [0.4, 0.5) is 16.3 Å². The molecule has 126 valence electrons. The number of aromatic nitrogens is 1. The second kappa shape index (κ2) is 6.18. The number of piperazine rings is 1. The van der Waals surface area contributed by atoms with E-state index in [1.54, 1.807) is 11.1 Å². The first kappa shape index (κ1) is 17.2. The van der Waals surface area contributed by atoms with Gasteiger partial charge in [-0.05, 0) is 53.5 Å². The predicted octanol–water partition coefficient (Wildman–Crippen LogP) is 3.25. The highest BCUT2D eigenvalue weighted by molar-refractivity contribution is 5.69. The zero-order chi connectivity index (χ0) is 17.3. The van der Waals surface area contributed by atoms with Crippen molar-refractivity contribution in [1.82, 2.24) is 9.88 Å². The van der Waals surface area contributed by atoms with Gasteiger partial charge in [-0.15, -0.1) is 0 Å². The van der Waals surface area contributed by atoms with Gasteiger partial charge in [0.05, 0.1) is 17.4 Å². The third-order valence-corrected chi connectivity index (χ3v) is 3.76. The summed E-state index contributed by atoms with van der Waals surface area (Å²) in [5, 5.41) is 0. The SMILES string of the molecule is C=Nc1ccc(N2CCN(C(=O)OC(C)(C)C)CC2(C)C)cn1. The largest absolute Gasteiger partial charge is 0.444 e. The second-order valence-electron chi connectivity index (χ2n) is 7.40. The molecule has 0 saturated carbocycles. The average Bonchev–Trinajstić information content (AvgIpc) is 2.44. The maximum Gasteiger partial charge on any atom is 0.410 e. The van der Waals surface area contributed by atoms with Crippen LogP contribution in [0.5, 0.6) is 0 Å². The van der Waals surface area contributed by atoms with Gasteiger partial charge in [0.15, 0.2) is 5.82 Å². The molecule has 1 aliphatic rings. The summed E-state index contributed by atoms with van der Waals surface area (Å²) in [7, 11) is 0. The van der Waals surface area contributed by atoms with Crippen LogP contribution in [0.15, 0.2) is 23.3 Å². The van der Waals surface area contributed by atoms with Crippen LogP contribution in [-0.4, -0.2) is 53.5 Å². The molecule has 1 aromatic rings. The molecule has 1 saturated heterocycles. The first-order valence-corrected chi connectivity index (χ1v) is 7.81. The Morgan fingerprint density at radius 1 is 1.35 bits per heavy atom. The van der Waals surface area contributed by atoms with Crippen LogP contribution in [-0.2, 0) is 4.74 Å². The molecule has 0 aromatic carbocycles. The average molecular weight is 318 g/mol. The van der Waals surface area contributed by atoms with Crippen molar-refractivity contribution in [3.63, 3.8) is 0 Å².